The molecule has 1 atom stereocenters. The minimum Gasteiger partial charge on any atom is -0.488 e. The van der Waals surface area contributed by atoms with E-state index < -0.39 is 0 Å². The fraction of sp³-hybridized carbons (Fsp3) is 0.312. The Hall–Kier alpha value is -2.23. The Morgan fingerprint density at radius 1 is 1.30 bits per heavy atom. The first-order chi connectivity index (χ1) is 9.85. The number of hydrogen-bond acceptors (Lipinski definition) is 4. The number of benzene rings is 1. The molecule has 0 bridgehead atoms. The molecule has 4 heteroatoms. The summed E-state index contributed by atoms with van der Waals surface area (Å²) in [5.74, 6) is 1.66. The smallest absolute Gasteiger partial charge is 0.213 e. The van der Waals surface area contributed by atoms with Gasteiger partial charge in [0, 0.05) is 12.5 Å². The van der Waals surface area contributed by atoms with Crippen molar-refractivity contribution in [1.82, 2.24) is 4.98 Å². The molecular weight excluding hydrogens is 252 g/mol. The van der Waals surface area contributed by atoms with Crippen LogP contribution in [0, 0.1) is 0 Å². The van der Waals surface area contributed by atoms with Crippen LogP contribution in [0.2, 0.25) is 0 Å². The van der Waals surface area contributed by atoms with Gasteiger partial charge in [-0.2, -0.15) is 0 Å². The lowest BCUT2D eigenvalue weighted by molar-refractivity contribution is 0.246. The summed E-state index contributed by atoms with van der Waals surface area (Å²) in [6.07, 6.45) is 2.92. The first-order valence-corrected chi connectivity index (χ1v) is 6.92. The number of nitrogens with one attached hydrogen (secondary N) is 1. The van der Waals surface area contributed by atoms with E-state index in [0.29, 0.717) is 12.5 Å². The second-order valence-corrected chi connectivity index (χ2v) is 4.75. The lowest BCUT2D eigenvalue weighted by Crippen LogP contribution is -2.23. The molecule has 0 saturated carbocycles. The number of fused-ring (bicyclic) bond motifs is 1. The Morgan fingerprint density at radius 2 is 2.20 bits per heavy atom. The molecule has 0 saturated heterocycles. The van der Waals surface area contributed by atoms with Crippen LogP contribution in [0.15, 0.2) is 42.6 Å². The highest BCUT2D eigenvalue weighted by atomic mass is 16.5. The molecule has 104 valence electrons. The third-order valence-electron chi connectivity index (χ3n) is 3.28. The third-order valence-corrected chi connectivity index (χ3v) is 3.28. The maximum Gasteiger partial charge on any atom is 0.213 e. The number of ether oxygens (including phenoxy) is 2. The maximum absolute atomic E-state index is 5.88. The topological polar surface area (TPSA) is 43.4 Å². The molecule has 3 rings (SSSR count). The van der Waals surface area contributed by atoms with Crippen molar-refractivity contribution in [2.75, 3.05) is 18.5 Å². The molecule has 2 heterocycles. The molecule has 20 heavy (non-hydrogen) atoms. The molecule has 1 aliphatic heterocycles. The van der Waals surface area contributed by atoms with E-state index in [1.165, 1.54) is 5.56 Å². The highest BCUT2D eigenvalue weighted by molar-refractivity contribution is 5.43. The molecule has 1 unspecified atom stereocenters. The van der Waals surface area contributed by atoms with Crippen LogP contribution in [0.3, 0.4) is 0 Å². The van der Waals surface area contributed by atoms with Gasteiger partial charge < -0.3 is 14.8 Å². The summed E-state index contributed by atoms with van der Waals surface area (Å²) in [6, 6.07) is 12.0. The van der Waals surface area contributed by atoms with Crippen molar-refractivity contribution in [3.05, 3.63) is 48.2 Å². The summed E-state index contributed by atoms with van der Waals surface area (Å²) >= 11 is 0. The normalized spacial score (nSPS) is 16.4. The Bertz CT molecular complexity index is 544. The van der Waals surface area contributed by atoms with Gasteiger partial charge in [-0.25, -0.2) is 4.98 Å². The van der Waals surface area contributed by atoms with Crippen LogP contribution in [0.5, 0.6) is 11.6 Å². The molecule has 0 spiro atoms. The lowest BCUT2D eigenvalue weighted by Gasteiger charge is -2.13. The van der Waals surface area contributed by atoms with E-state index in [9.17, 15) is 0 Å². The summed E-state index contributed by atoms with van der Waals surface area (Å²) in [7, 11) is 0. The van der Waals surface area contributed by atoms with Crippen LogP contribution in [0.1, 0.15) is 12.5 Å². The highest BCUT2D eigenvalue weighted by Gasteiger charge is 2.21. The van der Waals surface area contributed by atoms with E-state index in [1.807, 2.05) is 37.3 Å². The van der Waals surface area contributed by atoms with Gasteiger partial charge in [0.1, 0.15) is 11.9 Å². The van der Waals surface area contributed by atoms with Gasteiger partial charge in [-0.1, -0.05) is 18.2 Å². The molecule has 0 amide bonds. The molecule has 1 aromatic heterocycles. The molecule has 0 aliphatic carbocycles. The molecule has 2 aromatic rings. The van der Waals surface area contributed by atoms with Crippen molar-refractivity contribution in [2.24, 2.45) is 0 Å². The van der Waals surface area contributed by atoms with Crippen LogP contribution < -0.4 is 14.8 Å². The van der Waals surface area contributed by atoms with E-state index in [-0.39, 0.29) is 6.10 Å². The van der Waals surface area contributed by atoms with Crippen LogP contribution in [0.4, 0.5) is 5.69 Å². The summed E-state index contributed by atoms with van der Waals surface area (Å²) in [4.78, 5) is 4.23. The lowest BCUT2D eigenvalue weighted by atomic mass is 10.1. The molecule has 1 aromatic carbocycles. The monoisotopic (exact) mass is 270 g/mol. The van der Waals surface area contributed by atoms with Crippen molar-refractivity contribution in [3.63, 3.8) is 0 Å². The largest absolute Gasteiger partial charge is 0.488 e. The van der Waals surface area contributed by atoms with E-state index in [4.69, 9.17) is 9.47 Å². The van der Waals surface area contributed by atoms with E-state index in [1.54, 1.807) is 6.20 Å². The van der Waals surface area contributed by atoms with Gasteiger partial charge in [0.2, 0.25) is 5.88 Å². The maximum atomic E-state index is 5.88. The van der Waals surface area contributed by atoms with Gasteiger partial charge in [0.05, 0.1) is 25.0 Å². The van der Waals surface area contributed by atoms with Crippen molar-refractivity contribution in [2.45, 2.75) is 19.4 Å². The fourth-order valence-electron chi connectivity index (χ4n) is 2.32. The van der Waals surface area contributed by atoms with Crippen molar-refractivity contribution >= 4 is 5.69 Å². The van der Waals surface area contributed by atoms with Gasteiger partial charge in [0.15, 0.2) is 0 Å². The number of pyridine rings is 1. The number of anilines is 1. The quantitative estimate of drug-likeness (QED) is 0.907. The van der Waals surface area contributed by atoms with Crippen LogP contribution in [-0.2, 0) is 6.42 Å². The summed E-state index contributed by atoms with van der Waals surface area (Å²) in [5, 5.41) is 3.35. The highest BCUT2D eigenvalue weighted by Crippen LogP contribution is 2.28. The Balaban J connectivity index is 1.53. The molecular formula is C16H18N2O2. The van der Waals surface area contributed by atoms with Gasteiger partial charge >= 0.3 is 0 Å². The van der Waals surface area contributed by atoms with Crippen molar-refractivity contribution in [1.29, 1.82) is 0 Å². The predicted molar refractivity (Wildman–Crippen MR) is 78.5 cm³/mol. The standard InChI is InChI=1S/C16H18N2O2/c1-2-19-16-8-7-13(10-18-16)17-11-14-9-12-5-3-4-6-15(12)20-14/h3-8,10,14,17H,2,9,11H2,1H3. The molecule has 1 N–H and O–H groups in total. The average molecular weight is 270 g/mol. The number of aromatic nitrogens is 1. The number of para-hydroxylation sites is 1. The first-order valence-electron chi connectivity index (χ1n) is 6.92. The summed E-state index contributed by atoms with van der Waals surface area (Å²) in [6.45, 7) is 3.35. The van der Waals surface area contributed by atoms with E-state index in [2.05, 4.69) is 16.4 Å². The van der Waals surface area contributed by atoms with E-state index >= 15 is 0 Å². The van der Waals surface area contributed by atoms with Crippen LogP contribution in [-0.4, -0.2) is 24.2 Å². The molecule has 0 fully saturated rings. The van der Waals surface area contributed by atoms with Gasteiger partial charge in [-0.3, -0.25) is 0 Å². The SMILES string of the molecule is CCOc1ccc(NCC2Cc3ccccc3O2)cn1. The van der Waals surface area contributed by atoms with E-state index in [0.717, 1.165) is 24.4 Å². The zero-order valence-corrected chi connectivity index (χ0v) is 11.5. The second-order valence-electron chi connectivity index (χ2n) is 4.75. The van der Waals surface area contributed by atoms with Crippen LogP contribution >= 0.6 is 0 Å². The van der Waals surface area contributed by atoms with Gasteiger partial charge in [-0.05, 0) is 24.6 Å². The van der Waals surface area contributed by atoms with Crippen molar-refractivity contribution < 1.29 is 9.47 Å². The number of nitrogens with zero attached hydrogens (tertiary/aromatic N) is 1. The molecule has 4 nitrogen and oxygen atoms in total. The Morgan fingerprint density at radius 3 is 2.95 bits per heavy atom. The molecule has 1 aliphatic rings. The predicted octanol–water partition coefficient (Wildman–Crippen LogP) is 2.90. The number of hydrogen-bond donors (Lipinski definition) is 1. The summed E-state index contributed by atoms with van der Waals surface area (Å²) in [5.41, 5.74) is 2.26. The number of rotatable bonds is 5. The zero-order chi connectivity index (χ0) is 13.8. The van der Waals surface area contributed by atoms with Crippen LogP contribution in [0.25, 0.3) is 0 Å². The Labute approximate surface area is 118 Å². The second kappa shape index (κ2) is 5.82. The fourth-order valence-corrected chi connectivity index (χ4v) is 2.32. The summed E-state index contributed by atoms with van der Waals surface area (Å²) < 4.78 is 11.2. The van der Waals surface area contributed by atoms with Gasteiger partial charge in [-0.15, -0.1) is 0 Å². The molecule has 0 radical (unpaired) electrons. The van der Waals surface area contributed by atoms with Crippen molar-refractivity contribution in [3.8, 4) is 11.6 Å². The Kier molecular flexibility index (Phi) is 3.72. The minimum absolute atomic E-state index is 0.180. The average Bonchev–Trinajstić information content (AvgIpc) is 2.90. The minimum atomic E-state index is 0.180. The van der Waals surface area contributed by atoms with Gasteiger partial charge in [0.25, 0.3) is 0 Å². The zero-order valence-electron chi connectivity index (χ0n) is 11.5. The third kappa shape index (κ3) is 2.85. The first kappa shape index (κ1) is 12.8.